The third-order valence-corrected chi connectivity index (χ3v) is 9.29. The third kappa shape index (κ3) is 3.61. The lowest BCUT2D eigenvalue weighted by atomic mass is 9.66. The fourth-order valence-corrected chi connectivity index (χ4v) is 8.40. The molecule has 0 aliphatic carbocycles. The van der Waals surface area contributed by atoms with E-state index in [9.17, 15) is 19.5 Å². The first-order valence-corrected chi connectivity index (χ1v) is 12.4. The van der Waals surface area contributed by atoms with E-state index in [1.807, 2.05) is 37.3 Å². The van der Waals surface area contributed by atoms with Gasteiger partial charge in [0, 0.05) is 23.0 Å². The van der Waals surface area contributed by atoms with E-state index in [1.165, 1.54) is 4.90 Å². The van der Waals surface area contributed by atoms with Crippen molar-refractivity contribution >= 4 is 35.2 Å². The van der Waals surface area contributed by atoms with Gasteiger partial charge in [-0.25, -0.2) is 0 Å². The number of thioether (sulfide) groups is 1. The summed E-state index contributed by atoms with van der Waals surface area (Å²) in [5.74, 6) is -1.63. The van der Waals surface area contributed by atoms with Crippen LogP contribution in [0.5, 0.6) is 0 Å². The molecule has 2 bridgehead atoms. The van der Waals surface area contributed by atoms with Crippen molar-refractivity contribution in [3.05, 3.63) is 30.3 Å². The van der Waals surface area contributed by atoms with Gasteiger partial charge in [0.25, 0.3) is 0 Å². The fraction of sp³-hybridized carbons (Fsp3) is 0.625. The molecule has 8 heteroatoms. The molecule has 0 aromatic heterocycles. The summed E-state index contributed by atoms with van der Waals surface area (Å²) in [6.07, 6.45) is 3.29. The molecule has 1 aromatic rings. The largest absolute Gasteiger partial charge is 0.395 e. The summed E-state index contributed by atoms with van der Waals surface area (Å²) in [7, 11) is 0. The lowest BCUT2D eigenvalue weighted by molar-refractivity contribution is -0.140. The molecule has 7 nitrogen and oxygen atoms in total. The maximum absolute atomic E-state index is 13.6. The monoisotopic (exact) mass is 459 g/mol. The van der Waals surface area contributed by atoms with Gasteiger partial charge in [-0.3, -0.25) is 14.4 Å². The predicted molar refractivity (Wildman–Crippen MR) is 125 cm³/mol. The van der Waals surface area contributed by atoms with E-state index < -0.39 is 27.4 Å². The van der Waals surface area contributed by atoms with Crippen LogP contribution in [-0.2, 0) is 14.4 Å². The first kappa shape index (κ1) is 23.1. The number of anilines is 1. The number of amides is 3. The van der Waals surface area contributed by atoms with E-state index in [1.54, 1.807) is 11.8 Å². The Bertz CT molecular complexity index is 896. The summed E-state index contributed by atoms with van der Waals surface area (Å²) in [6, 6.07) is 8.59. The summed E-state index contributed by atoms with van der Waals surface area (Å²) < 4.78 is -1.05. The number of hydrogen-bond acceptors (Lipinski definition) is 5. The van der Waals surface area contributed by atoms with Crippen molar-refractivity contribution in [2.24, 2.45) is 11.8 Å². The highest BCUT2D eigenvalue weighted by molar-refractivity contribution is 8.02. The van der Waals surface area contributed by atoms with Crippen LogP contribution in [0, 0.1) is 11.8 Å². The van der Waals surface area contributed by atoms with Crippen molar-refractivity contribution in [1.82, 2.24) is 10.2 Å². The molecule has 0 saturated carbocycles. The van der Waals surface area contributed by atoms with Gasteiger partial charge in [0.15, 0.2) is 0 Å². The maximum Gasteiger partial charge on any atom is 0.244 e. The van der Waals surface area contributed by atoms with Crippen molar-refractivity contribution in [3.63, 3.8) is 0 Å². The van der Waals surface area contributed by atoms with Gasteiger partial charge in [-0.1, -0.05) is 31.5 Å². The minimum Gasteiger partial charge on any atom is -0.395 e. The Morgan fingerprint density at radius 1 is 1.25 bits per heavy atom. The van der Waals surface area contributed by atoms with Gasteiger partial charge in [0.1, 0.15) is 6.04 Å². The van der Waals surface area contributed by atoms with E-state index in [0.29, 0.717) is 12.1 Å². The Balaban J connectivity index is 1.67. The number of carbonyl (C=O) groups is 3. The number of nitrogens with one attached hydrogen (secondary N) is 2. The zero-order valence-corrected chi connectivity index (χ0v) is 19.8. The molecular formula is C24H33N3O4S. The van der Waals surface area contributed by atoms with Crippen LogP contribution in [0.4, 0.5) is 5.69 Å². The molecule has 3 unspecified atom stereocenters. The SMILES string of the molecule is CCCC(C)NC(=O)C1N(CCO)C(=O)[C@@H]2[C@@H](C(=O)Nc3ccccc3)[C@@]3(C)CCC12S3. The van der Waals surface area contributed by atoms with Crippen LogP contribution in [0.15, 0.2) is 30.3 Å². The standard InChI is InChI=1S/C24H33N3O4S/c1-4-8-15(2)25-21(30)19-24-12-11-23(3,32-24)17(18(24)22(31)27(19)13-14-28)20(29)26-16-9-6-5-7-10-16/h5-7,9-10,15,17-19,28H,4,8,11-14H2,1-3H3,(H,25,30)(H,26,29)/t15?,17-,18-,19?,23+,24?/m0/s1. The molecule has 4 rings (SSSR count). The predicted octanol–water partition coefficient (Wildman–Crippen LogP) is 2.40. The van der Waals surface area contributed by atoms with Crippen molar-refractivity contribution < 1.29 is 19.5 Å². The molecule has 3 heterocycles. The Kier molecular flexibility index (Phi) is 6.29. The molecular weight excluding hydrogens is 426 g/mol. The zero-order chi connectivity index (χ0) is 23.1. The quantitative estimate of drug-likeness (QED) is 0.555. The Labute approximate surface area is 193 Å². The zero-order valence-electron chi connectivity index (χ0n) is 19.0. The smallest absolute Gasteiger partial charge is 0.244 e. The summed E-state index contributed by atoms with van der Waals surface area (Å²) in [5.41, 5.74) is 0.697. The lowest BCUT2D eigenvalue weighted by Crippen LogP contribution is -2.55. The second-order valence-corrected chi connectivity index (χ2v) is 11.4. The summed E-state index contributed by atoms with van der Waals surface area (Å²) >= 11 is 1.64. The molecule has 6 atom stereocenters. The number of hydrogen-bond donors (Lipinski definition) is 3. The van der Waals surface area contributed by atoms with Gasteiger partial charge in [0.05, 0.1) is 23.2 Å². The van der Waals surface area contributed by atoms with E-state index in [0.717, 1.165) is 19.3 Å². The summed E-state index contributed by atoms with van der Waals surface area (Å²) in [6.45, 7) is 5.98. The maximum atomic E-state index is 13.6. The second kappa shape index (κ2) is 8.71. The van der Waals surface area contributed by atoms with Gasteiger partial charge in [0.2, 0.25) is 17.7 Å². The molecule has 3 N–H and O–H groups in total. The number of carbonyl (C=O) groups excluding carboxylic acids is 3. The number of nitrogens with zero attached hydrogens (tertiary/aromatic N) is 1. The Morgan fingerprint density at radius 2 is 1.97 bits per heavy atom. The highest BCUT2D eigenvalue weighted by Crippen LogP contribution is 2.71. The molecule has 3 saturated heterocycles. The molecule has 3 aliphatic heterocycles. The Morgan fingerprint density at radius 3 is 2.62 bits per heavy atom. The first-order valence-electron chi connectivity index (χ1n) is 11.5. The average Bonchev–Trinajstić information content (AvgIpc) is 3.30. The number of β-amino-alcohol motifs (C(OH)–C–C–N with tert-alkyl or cyclic N) is 1. The van der Waals surface area contributed by atoms with Crippen molar-refractivity contribution in [3.8, 4) is 0 Å². The van der Waals surface area contributed by atoms with Gasteiger partial charge < -0.3 is 20.6 Å². The summed E-state index contributed by atoms with van der Waals surface area (Å²) in [4.78, 5) is 42.1. The average molecular weight is 460 g/mol. The number of rotatable bonds is 8. The van der Waals surface area contributed by atoms with E-state index in [4.69, 9.17) is 0 Å². The van der Waals surface area contributed by atoms with Crippen molar-refractivity contribution in [2.75, 3.05) is 18.5 Å². The molecule has 0 radical (unpaired) electrons. The molecule has 1 aromatic carbocycles. The van der Waals surface area contributed by atoms with Crippen LogP contribution in [0.1, 0.15) is 46.5 Å². The van der Waals surface area contributed by atoms with E-state index in [-0.39, 0.29) is 36.9 Å². The number of para-hydroxylation sites is 1. The molecule has 3 aliphatic rings. The fourth-order valence-electron chi connectivity index (χ4n) is 6.04. The molecule has 3 fully saturated rings. The highest BCUT2D eigenvalue weighted by atomic mass is 32.2. The minimum atomic E-state index is -0.673. The number of aliphatic hydroxyl groups excluding tert-OH is 1. The van der Waals surface area contributed by atoms with Crippen LogP contribution in [0.25, 0.3) is 0 Å². The van der Waals surface area contributed by atoms with Gasteiger partial charge in [-0.2, -0.15) is 0 Å². The molecule has 32 heavy (non-hydrogen) atoms. The van der Waals surface area contributed by atoms with Crippen LogP contribution in [0.2, 0.25) is 0 Å². The minimum absolute atomic E-state index is 0.00499. The van der Waals surface area contributed by atoms with Crippen LogP contribution < -0.4 is 10.6 Å². The lowest BCUT2D eigenvalue weighted by Gasteiger charge is -2.35. The molecule has 3 amide bonds. The molecule has 1 spiro atoms. The van der Waals surface area contributed by atoms with Gasteiger partial charge >= 0.3 is 0 Å². The van der Waals surface area contributed by atoms with E-state index >= 15 is 0 Å². The number of likely N-dealkylation sites (tertiary alicyclic amines) is 1. The van der Waals surface area contributed by atoms with Crippen LogP contribution >= 0.6 is 11.8 Å². The third-order valence-electron chi connectivity index (χ3n) is 7.30. The van der Waals surface area contributed by atoms with Gasteiger partial charge in [-0.05, 0) is 45.2 Å². The van der Waals surface area contributed by atoms with Crippen molar-refractivity contribution in [2.45, 2.75) is 68.0 Å². The summed E-state index contributed by atoms with van der Waals surface area (Å²) in [5, 5.41) is 15.7. The normalized spacial score (nSPS) is 33.8. The van der Waals surface area contributed by atoms with Crippen molar-refractivity contribution in [1.29, 1.82) is 0 Å². The first-order chi connectivity index (χ1) is 15.3. The van der Waals surface area contributed by atoms with E-state index in [2.05, 4.69) is 24.5 Å². The molecule has 174 valence electrons. The van der Waals surface area contributed by atoms with Crippen LogP contribution in [-0.4, -0.2) is 62.5 Å². The highest BCUT2D eigenvalue weighted by Gasteiger charge is 2.77. The Hall–Kier alpha value is -2.06. The number of fused-ring (bicyclic) bond motifs is 1. The van der Waals surface area contributed by atoms with Gasteiger partial charge in [-0.15, -0.1) is 11.8 Å². The van der Waals surface area contributed by atoms with Crippen LogP contribution in [0.3, 0.4) is 0 Å². The number of aliphatic hydroxyl groups is 1. The second-order valence-electron chi connectivity index (χ2n) is 9.54. The topological polar surface area (TPSA) is 98.7 Å². The number of benzene rings is 1.